The molecule has 0 aromatic heterocycles. The molecule has 78 valence electrons. The number of hydrogen-bond acceptors (Lipinski definition) is 3. The fraction of sp³-hybridized carbons (Fsp3) is 0.889. The highest BCUT2D eigenvalue weighted by molar-refractivity contribution is 5.68. The first kappa shape index (κ1) is 12.2. The van der Waals surface area contributed by atoms with E-state index in [1.807, 2.05) is 34.6 Å². The molecule has 0 aromatic rings. The first-order chi connectivity index (χ1) is 5.72. The fourth-order valence-electron chi connectivity index (χ4n) is 0.625. The van der Waals surface area contributed by atoms with Crippen molar-refractivity contribution in [2.75, 3.05) is 0 Å². The van der Waals surface area contributed by atoms with Gasteiger partial charge < -0.3 is 15.8 Å². The number of alkyl carbamates (subject to hydrolysis) is 1. The molecular formula is C9H20N2O2. The molecular weight excluding hydrogens is 168 g/mol. The van der Waals surface area contributed by atoms with E-state index in [4.69, 9.17) is 10.5 Å². The van der Waals surface area contributed by atoms with E-state index in [1.54, 1.807) is 0 Å². The predicted molar refractivity (Wildman–Crippen MR) is 52.5 cm³/mol. The van der Waals surface area contributed by atoms with Crippen molar-refractivity contribution in [2.24, 2.45) is 5.73 Å². The third kappa shape index (κ3) is 6.40. The van der Waals surface area contributed by atoms with Gasteiger partial charge in [0.15, 0.2) is 0 Å². The summed E-state index contributed by atoms with van der Waals surface area (Å²) in [6.07, 6.45) is -0.419. The number of nitrogens with one attached hydrogen (secondary N) is 1. The normalized spacial score (nSPS) is 16.2. The Morgan fingerprint density at radius 3 is 2.15 bits per heavy atom. The minimum atomic E-state index is -0.457. The van der Waals surface area contributed by atoms with Gasteiger partial charge in [-0.1, -0.05) is 0 Å². The van der Waals surface area contributed by atoms with Crippen LogP contribution < -0.4 is 11.1 Å². The van der Waals surface area contributed by atoms with E-state index in [9.17, 15) is 4.79 Å². The molecule has 0 saturated heterocycles. The van der Waals surface area contributed by atoms with E-state index in [0.717, 1.165) is 0 Å². The standard InChI is InChI=1S/C9H20N2O2/c1-6(10)7(2)11-8(12)13-9(3,4)5/h6-7H,10H2,1-5H3,(H,11,12)/t6-,7-/m1/s1. The summed E-state index contributed by atoms with van der Waals surface area (Å²) in [5.41, 5.74) is 5.12. The Labute approximate surface area is 79.8 Å². The molecule has 0 heterocycles. The lowest BCUT2D eigenvalue weighted by Gasteiger charge is -2.23. The second-order valence-corrected chi connectivity index (χ2v) is 4.29. The first-order valence-corrected chi connectivity index (χ1v) is 4.47. The van der Waals surface area contributed by atoms with E-state index in [-0.39, 0.29) is 12.1 Å². The third-order valence-electron chi connectivity index (χ3n) is 1.53. The van der Waals surface area contributed by atoms with Crippen LogP contribution in [0.3, 0.4) is 0 Å². The Hall–Kier alpha value is -0.770. The number of rotatable bonds is 2. The SMILES string of the molecule is C[C@@H](N)[C@@H](C)NC(=O)OC(C)(C)C. The summed E-state index contributed by atoms with van der Waals surface area (Å²) in [4.78, 5) is 11.2. The lowest BCUT2D eigenvalue weighted by atomic mass is 10.2. The molecule has 0 fully saturated rings. The van der Waals surface area contributed by atoms with Gasteiger partial charge in [-0.15, -0.1) is 0 Å². The van der Waals surface area contributed by atoms with Gasteiger partial charge in [0.05, 0.1) is 0 Å². The molecule has 4 heteroatoms. The van der Waals surface area contributed by atoms with Gasteiger partial charge in [-0.3, -0.25) is 0 Å². The molecule has 0 spiro atoms. The summed E-state index contributed by atoms with van der Waals surface area (Å²) in [6, 6.07) is -0.151. The Bertz CT molecular complexity index is 173. The van der Waals surface area contributed by atoms with Crippen LogP contribution in [0.15, 0.2) is 0 Å². The lowest BCUT2D eigenvalue weighted by Crippen LogP contribution is -2.45. The molecule has 0 unspecified atom stereocenters. The summed E-state index contributed by atoms with van der Waals surface area (Å²) in [5.74, 6) is 0. The molecule has 3 N–H and O–H groups in total. The maximum atomic E-state index is 11.2. The minimum absolute atomic E-state index is 0.0742. The average Bonchev–Trinajstić information content (AvgIpc) is 1.81. The van der Waals surface area contributed by atoms with Crippen LogP contribution in [0.2, 0.25) is 0 Å². The third-order valence-corrected chi connectivity index (χ3v) is 1.53. The number of nitrogens with two attached hydrogens (primary N) is 1. The van der Waals surface area contributed by atoms with Gasteiger partial charge in [-0.05, 0) is 34.6 Å². The second kappa shape index (κ2) is 4.46. The summed E-state index contributed by atoms with van der Waals surface area (Å²) < 4.78 is 5.05. The maximum Gasteiger partial charge on any atom is 0.407 e. The molecule has 0 aliphatic carbocycles. The highest BCUT2D eigenvalue weighted by atomic mass is 16.6. The van der Waals surface area contributed by atoms with E-state index in [2.05, 4.69) is 5.32 Å². The molecule has 0 rings (SSSR count). The van der Waals surface area contributed by atoms with Gasteiger partial charge in [0, 0.05) is 12.1 Å². The van der Waals surface area contributed by atoms with E-state index >= 15 is 0 Å². The zero-order chi connectivity index (χ0) is 10.6. The molecule has 0 bridgehead atoms. The van der Waals surface area contributed by atoms with Gasteiger partial charge in [0.1, 0.15) is 5.60 Å². The van der Waals surface area contributed by atoms with Crippen molar-refractivity contribution in [1.82, 2.24) is 5.32 Å². The van der Waals surface area contributed by atoms with Crippen molar-refractivity contribution >= 4 is 6.09 Å². The van der Waals surface area contributed by atoms with E-state index in [0.29, 0.717) is 0 Å². The number of carbonyl (C=O) groups excluding carboxylic acids is 1. The van der Waals surface area contributed by atoms with Crippen LogP contribution in [-0.2, 0) is 4.74 Å². The molecule has 0 radical (unpaired) electrons. The zero-order valence-corrected chi connectivity index (χ0v) is 9.05. The highest BCUT2D eigenvalue weighted by Gasteiger charge is 2.18. The van der Waals surface area contributed by atoms with Gasteiger partial charge in [0.25, 0.3) is 0 Å². The van der Waals surface area contributed by atoms with Gasteiger partial charge in [-0.25, -0.2) is 4.79 Å². The molecule has 1 amide bonds. The van der Waals surface area contributed by atoms with Crippen molar-refractivity contribution in [2.45, 2.75) is 52.3 Å². The van der Waals surface area contributed by atoms with Crippen LogP contribution in [0, 0.1) is 0 Å². The smallest absolute Gasteiger partial charge is 0.407 e. The molecule has 13 heavy (non-hydrogen) atoms. The quantitative estimate of drug-likeness (QED) is 0.685. The van der Waals surface area contributed by atoms with Crippen molar-refractivity contribution in [3.05, 3.63) is 0 Å². The van der Waals surface area contributed by atoms with Crippen LogP contribution >= 0.6 is 0 Å². The number of carbonyl (C=O) groups is 1. The van der Waals surface area contributed by atoms with Gasteiger partial charge in [0.2, 0.25) is 0 Å². The Morgan fingerprint density at radius 2 is 1.85 bits per heavy atom. The monoisotopic (exact) mass is 188 g/mol. The fourth-order valence-corrected chi connectivity index (χ4v) is 0.625. The van der Waals surface area contributed by atoms with Crippen LogP contribution in [0.5, 0.6) is 0 Å². The highest BCUT2D eigenvalue weighted by Crippen LogP contribution is 2.06. The summed E-state index contributed by atoms with van der Waals surface area (Å²) in [7, 11) is 0. The Morgan fingerprint density at radius 1 is 1.38 bits per heavy atom. The molecule has 0 aliphatic heterocycles. The minimum Gasteiger partial charge on any atom is -0.444 e. The first-order valence-electron chi connectivity index (χ1n) is 4.47. The van der Waals surface area contributed by atoms with Gasteiger partial charge >= 0.3 is 6.09 Å². The van der Waals surface area contributed by atoms with Crippen LogP contribution in [-0.4, -0.2) is 23.8 Å². The van der Waals surface area contributed by atoms with Gasteiger partial charge in [-0.2, -0.15) is 0 Å². The number of hydrogen-bond donors (Lipinski definition) is 2. The van der Waals surface area contributed by atoms with Crippen molar-refractivity contribution < 1.29 is 9.53 Å². The topological polar surface area (TPSA) is 64.3 Å². The number of ether oxygens (including phenoxy) is 1. The summed E-state index contributed by atoms with van der Waals surface area (Å²) >= 11 is 0. The number of amides is 1. The van der Waals surface area contributed by atoms with E-state index in [1.165, 1.54) is 0 Å². The van der Waals surface area contributed by atoms with Crippen molar-refractivity contribution in [1.29, 1.82) is 0 Å². The Kier molecular flexibility index (Phi) is 4.20. The predicted octanol–water partition coefficient (Wildman–Crippen LogP) is 1.25. The van der Waals surface area contributed by atoms with Crippen LogP contribution in [0.25, 0.3) is 0 Å². The van der Waals surface area contributed by atoms with Crippen molar-refractivity contribution in [3.8, 4) is 0 Å². The molecule has 2 atom stereocenters. The second-order valence-electron chi connectivity index (χ2n) is 4.29. The Balaban J connectivity index is 3.89. The maximum absolute atomic E-state index is 11.2. The zero-order valence-electron chi connectivity index (χ0n) is 9.05. The molecule has 0 aliphatic rings. The van der Waals surface area contributed by atoms with Crippen molar-refractivity contribution in [3.63, 3.8) is 0 Å². The van der Waals surface area contributed by atoms with Crippen LogP contribution in [0.1, 0.15) is 34.6 Å². The average molecular weight is 188 g/mol. The largest absolute Gasteiger partial charge is 0.444 e. The molecule has 4 nitrogen and oxygen atoms in total. The van der Waals surface area contributed by atoms with Crippen LogP contribution in [0.4, 0.5) is 4.79 Å². The lowest BCUT2D eigenvalue weighted by molar-refractivity contribution is 0.0503. The molecule has 0 saturated carbocycles. The van der Waals surface area contributed by atoms with E-state index < -0.39 is 11.7 Å². The summed E-state index contributed by atoms with van der Waals surface area (Å²) in [5, 5.41) is 2.65. The molecule has 0 aromatic carbocycles. The summed E-state index contributed by atoms with van der Waals surface area (Å²) in [6.45, 7) is 9.14.